The Kier molecular flexibility index (Phi) is 6.19. The van der Waals surface area contributed by atoms with Crippen LogP contribution < -0.4 is 9.64 Å². The molecule has 176 valence electrons. The molecule has 1 atom stereocenters. The summed E-state index contributed by atoms with van der Waals surface area (Å²) in [5, 5.41) is 22.1. The van der Waals surface area contributed by atoms with E-state index in [0.29, 0.717) is 28.1 Å². The molecule has 1 amide bonds. The number of aryl methyl sites for hydroxylation is 2. The van der Waals surface area contributed by atoms with E-state index >= 15 is 0 Å². The maximum atomic E-state index is 13.1. The van der Waals surface area contributed by atoms with Crippen molar-refractivity contribution in [2.45, 2.75) is 26.5 Å². The molecule has 9 heteroatoms. The number of rotatable bonds is 6. The van der Waals surface area contributed by atoms with E-state index in [9.17, 15) is 14.7 Å². The standard InChI is InChI=1S/C26H21N3O4S2/c1-15-5-3-6-17(13-15)14-33-19-10-8-18(9-11-19)23(30)21-22(20-7-4-12-34-20)29(25(32)24(21)31)26-28-27-16(2)35-26/h3-13,22,30H,14H2,1-2H3/b23-21-. The number of thiophene rings is 1. The predicted octanol–water partition coefficient (Wildman–Crippen LogP) is 5.42. The second-order valence-corrected chi connectivity index (χ2v) is 10.2. The van der Waals surface area contributed by atoms with Gasteiger partial charge in [0.15, 0.2) is 0 Å². The molecule has 7 nitrogen and oxygen atoms in total. The van der Waals surface area contributed by atoms with E-state index in [-0.39, 0.29) is 11.3 Å². The fraction of sp³-hybridized carbons (Fsp3) is 0.154. The van der Waals surface area contributed by atoms with Crippen molar-refractivity contribution >= 4 is 45.3 Å². The monoisotopic (exact) mass is 503 g/mol. The average Bonchev–Trinajstić information content (AvgIpc) is 3.59. The molecular weight excluding hydrogens is 482 g/mol. The molecule has 1 aliphatic heterocycles. The summed E-state index contributed by atoms with van der Waals surface area (Å²) in [4.78, 5) is 28.2. The van der Waals surface area contributed by atoms with Crippen LogP contribution in [0.2, 0.25) is 0 Å². The molecule has 1 N–H and O–H groups in total. The number of Topliss-reactive ketones (excluding diaryl/α,β-unsaturated/α-hetero) is 1. The number of amides is 1. The lowest BCUT2D eigenvalue weighted by Gasteiger charge is -2.20. The summed E-state index contributed by atoms with van der Waals surface area (Å²) in [5.41, 5.74) is 2.66. The van der Waals surface area contributed by atoms with Crippen LogP contribution in [0, 0.1) is 13.8 Å². The maximum Gasteiger partial charge on any atom is 0.301 e. The third-order valence-corrected chi connectivity index (χ3v) is 7.36. The van der Waals surface area contributed by atoms with Crippen LogP contribution in [0.5, 0.6) is 5.75 Å². The number of carbonyl (C=O) groups is 2. The lowest BCUT2D eigenvalue weighted by molar-refractivity contribution is -0.132. The zero-order valence-electron chi connectivity index (χ0n) is 19.0. The van der Waals surface area contributed by atoms with Crippen molar-refractivity contribution in [1.82, 2.24) is 10.2 Å². The van der Waals surface area contributed by atoms with E-state index in [2.05, 4.69) is 16.3 Å². The largest absolute Gasteiger partial charge is 0.507 e. The molecule has 0 spiro atoms. The van der Waals surface area contributed by atoms with E-state index in [1.54, 1.807) is 31.2 Å². The van der Waals surface area contributed by atoms with Crippen molar-refractivity contribution in [3.05, 3.63) is 98.2 Å². The molecule has 0 aliphatic carbocycles. The van der Waals surface area contributed by atoms with Crippen molar-refractivity contribution in [2.24, 2.45) is 0 Å². The number of ether oxygens (including phenoxy) is 1. The number of benzene rings is 2. The number of carbonyl (C=O) groups excluding carboxylic acids is 2. The molecule has 2 aromatic heterocycles. The third kappa shape index (κ3) is 4.48. The first-order valence-electron chi connectivity index (χ1n) is 10.9. The van der Waals surface area contributed by atoms with E-state index in [0.717, 1.165) is 16.0 Å². The number of aromatic nitrogens is 2. The number of anilines is 1. The molecule has 4 aromatic rings. The maximum absolute atomic E-state index is 13.1. The van der Waals surface area contributed by atoms with Gasteiger partial charge in [-0.05, 0) is 55.1 Å². The molecule has 0 saturated carbocycles. The molecule has 1 fully saturated rings. The highest BCUT2D eigenvalue weighted by molar-refractivity contribution is 7.15. The van der Waals surface area contributed by atoms with Crippen LogP contribution in [0.3, 0.4) is 0 Å². The fourth-order valence-corrected chi connectivity index (χ4v) is 5.50. The molecule has 1 unspecified atom stereocenters. The van der Waals surface area contributed by atoms with Crippen LogP contribution in [0.15, 0.2) is 71.6 Å². The smallest absolute Gasteiger partial charge is 0.301 e. The lowest BCUT2D eigenvalue weighted by atomic mass is 10.00. The van der Waals surface area contributed by atoms with E-state index in [4.69, 9.17) is 4.74 Å². The summed E-state index contributed by atoms with van der Waals surface area (Å²) < 4.78 is 5.86. The topological polar surface area (TPSA) is 92.6 Å². The van der Waals surface area contributed by atoms with Crippen LogP contribution in [0.1, 0.15) is 32.6 Å². The van der Waals surface area contributed by atoms with Gasteiger partial charge in [-0.25, -0.2) is 0 Å². The van der Waals surface area contributed by atoms with Gasteiger partial charge in [0.2, 0.25) is 5.13 Å². The quantitative estimate of drug-likeness (QED) is 0.215. The van der Waals surface area contributed by atoms with Crippen molar-refractivity contribution in [1.29, 1.82) is 0 Å². The highest BCUT2D eigenvalue weighted by atomic mass is 32.1. The first-order chi connectivity index (χ1) is 16.9. The van der Waals surface area contributed by atoms with E-state index in [1.165, 1.54) is 27.6 Å². The molecule has 2 aromatic carbocycles. The van der Waals surface area contributed by atoms with Gasteiger partial charge in [-0.2, -0.15) is 0 Å². The molecule has 0 radical (unpaired) electrons. The highest BCUT2D eigenvalue weighted by Gasteiger charge is 2.48. The van der Waals surface area contributed by atoms with Crippen molar-refractivity contribution in [3.63, 3.8) is 0 Å². The molecule has 3 heterocycles. The van der Waals surface area contributed by atoms with Crippen LogP contribution in [-0.4, -0.2) is 27.0 Å². The van der Waals surface area contributed by atoms with Gasteiger partial charge in [-0.1, -0.05) is 47.2 Å². The number of hydrogen-bond donors (Lipinski definition) is 1. The van der Waals surface area contributed by atoms with Crippen LogP contribution in [0.4, 0.5) is 5.13 Å². The lowest BCUT2D eigenvalue weighted by Crippen LogP contribution is -2.29. The molecule has 1 saturated heterocycles. The average molecular weight is 504 g/mol. The highest BCUT2D eigenvalue weighted by Crippen LogP contribution is 2.44. The third-order valence-electron chi connectivity index (χ3n) is 5.59. The minimum atomic E-state index is -0.778. The van der Waals surface area contributed by atoms with E-state index in [1.807, 2.05) is 42.6 Å². The van der Waals surface area contributed by atoms with Crippen molar-refractivity contribution in [2.75, 3.05) is 4.90 Å². The predicted molar refractivity (Wildman–Crippen MR) is 136 cm³/mol. The summed E-state index contributed by atoms with van der Waals surface area (Å²) in [6.07, 6.45) is 0. The summed E-state index contributed by atoms with van der Waals surface area (Å²) in [7, 11) is 0. The normalized spacial score (nSPS) is 17.2. The van der Waals surface area contributed by atoms with Gasteiger partial charge in [0.1, 0.15) is 29.2 Å². The first-order valence-corrected chi connectivity index (χ1v) is 12.6. The molecular formula is C26H21N3O4S2. The van der Waals surface area contributed by atoms with Crippen molar-refractivity contribution < 1.29 is 19.4 Å². The van der Waals surface area contributed by atoms with Crippen LogP contribution in [0.25, 0.3) is 5.76 Å². The number of hydrogen-bond acceptors (Lipinski definition) is 8. The zero-order valence-corrected chi connectivity index (χ0v) is 20.6. The van der Waals surface area contributed by atoms with E-state index < -0.39 is 17.7 Å². The Labute approximate surface area is 210 Å². The number of aliphatic hydroxyl groups excluding tert-OH is 1. The van der Waals surface area contributed by atoms with Gasteiger partial charge in [0, 0.05) is 10.4 Å². The van der Waals surface area contributed by atoms with Gasteiger partial charge >= 0.3 is 5.91 Å². The summed E-state index contributed by atoms with van der Waals surface area (Å²) in [5.74, 6) is -1.11. The second-order valence-electron chi connectivity index (χ2n) is 8.09. The zero-order chi connectivity index (χ0) is 24.5. The van der Waals surface area contributed by atoms with Gasteiger partial charge in [0.25, 0.3) is 5.78 Å². The van der Waals surface area contributed by atoms with Crippen LogP contribution >= 0.6 is 22.7 Å². The SMILES string of the molecule is Cc1cccc(COc2ccc(/C(O)=C3/C(=O)C(=O)N(c4nnc(C)s4)C3c3cccs3)cc2)c1. The Hall–Kier alpha value is -3.82. The number of aliphatic hydroxyl groups is 1. The van der Waals surface area contributed by atoms with Gasteiger partial charge in [-0.3, -0.25) is 14.5 Å². The first kappa shape index (κ1) is 22.9. The number of nitrogens with zero attached hydrogens (tertiary/aromatic N) is 3. The van der Waals surface area contributed by atoms with Gasteiger partial charge in [-0.15, -0.1) is 21.5 Å². The Morgan fingerprint density at radius 3 is 2.51 bits per heavy atom. The Morgan fingerprint density at radius 1 is 1.06 bits per heavy atom. The van der Waals surface area contributed by atoms with Crippen LogP contribution in [-0.2, 0) is 16.2 Å². The molecule has 35 heavy (non-hydrogen) atoms. The Morgan fingerprint density at radius 2 is 1.86 bits per heavy atom. The summed E-state index contributed by atoms with van der Waals surface area (Å²) in [6, 6.07) is 17.8. The Bertz CT molecular complexity index is 1430. The summed E-state index contributed by atoms with van der Waals surface area (Å²) in [6.45, 7) is 4.22. The molecule has 1 aliphatic rings. The molecule has 5 rings (SSSR count). The minimum absolute atomic E-state index is 0.0266. The minimum Gasteiger partial charge on any atom is -0.507 e. The second kappa shape index (κ2) is 9.44. The van der Waals surface area contributed by atoms with Gasteiger partial charge < -0.3 is 9.84 Å². The fourth-order valence-electron chi connectivity index (χ4n) is 3.96. The summed E-state index contributed by atoms with van der Waals surface area (Å²) >= 11 is 2.62. The van der Waals surface area contributed by atoms with Crippen molar-refractivity contribution in [3.8, 4) is 5.75 Å². The number of ketones is 1. The van der Waals surface area contributed by atoms with Gasteiger partial charge in [0.05, 0.1) is 5.57 Å². The molecule has 0 bridgehead atoms. The Balaban J connectivity index is 1.47.